The van der Waals surface area contributed by atoms with Crippen molar-refractivity contribution in [3.63, 3.8) is 0 Å². The molecule has 3 N–H and O–H groups in total. The molecule has 2 unspecified atom stereocenters. The zero-order valence-corrected chi connectivity index (χ0v) is 27.5. The number of nitrogens with one attached hydrogen (secondary N) is 3. The van der Waals surface area contributed by atoms with Crippen molar-refractivity contribution in [2.45, 2.75) is 11.5 Å². The molecule has 0 saturated heterocycles. The van der Waals surface area contributed by atoms with E-state index >= 15 is 0 Å². The van der Waals surface area contributed by atoms with Crippen LogP contribution in [0.3, 0.4) is 0 Å². The SMILES string of the molecule is C1=C(c2ccccc2)C=C2C3=C(CNC(c4ccc(-c5cc(-c6ccc(-c7ccccc7)cc6)nc(-c6ccccc6)n5)cc4)N3)SC2N1. The molecule has 0 amide bonds. The number of hydrogen-bond donors (Lipinski definition) is 3. The van der Waals surface area contributed by atoms with Gasteiger partial charge >= 0.3 is 0 Å². The fourth-order valence-corrected chi connectivity index (χ4v) is 7.85. The van der Waals surface area contributed by atoms with Crippen molar-refractivity contribution in [3.8, 4) is 45.0 Å². The highest BCUT2D eigenvalue weighted by Gasteiger charge is 2.35. The van der Waals surface area contributed by atoms with Gasteiger partial charge < -0.3 is 10.6 Å². The molecular weight excluding hydrogens is 619 g/mol. The summed E-state index contributed by atoms with van der Waals surface area (Å²) in [5.41, 5.74) is 13.4. The summed E-state index contributed by atoms with van der Waals surface area (Å²) in [6, 6.07) is 50.7. The van der Waals surface area contributed by atoms with Crippen LogP contribution in [0.15, 0.2) is 174 Å². The van der Waals surface area contributed by atoms with E-state index in [9.17, 15) is 0 Å². The second kappa shape index (κ2) is 12.7. The maximum absolute atomic E-state index is 5.06. The summed E-state index contributed by atoms with van der Waals surface area (Å²) in [4.78, 5) is 11.4. The van der Waals surface area contributed by atoms with Gasteiger partial charge in [-0.2, -0.15) is 0 Å². The summed E-state index contributed by atoms with van der Waals surface area (Å²) in [7, 11) is 0. The number of hydrogen-bond acceptors (Lipinski definition) is 6. The van der Waals surface area contributed by atoms with Gasteiger partial charge in [-0.3, -0.25) is 5.32 Å². The van der Waals surface area contributed by atoms with Crippen LogP contribution < -0.4 is 16.0 Å². The fourth-order valence-electron chi connectivity index (χ4n) is 6.66. The summed E-state index contributed by atoms with van der Waals surface area (Å²) in [5, 5.41) is 11.4. The molecule has 6 heteroatoms. The lowest BCUT2D eigenvalue weighted by molar-refractivity contribution is 0.479. The number of fused-ring (bicyclic) bond motifs is 2. The average molecular weight is 652 g/mol. The van der Waals surface area contributed by atoms with Gasteiger partial charge in [0.05, 0.1) is 17.1 Å². The molecule has 2 atom stereocenters. The standard InChI is InChI=1S/C43H33N5S/c1-4-10-28(11-5-1)30-16-18-31(19-17-30)37-25-38(47-42(46-37)33-14-8-3-9-15-33)32-20-22-34(23-21-32)41-44-27-39-40(48-41)36-24-35(26-45-43(36)49-39)29-12-6-2-7-13-29/h1-26,41,43-45,48H,27H2. The van der Waals surface area contributed by atoms with Crippen LogP contribution in [-0.4, -0.2) is 21.9 Å². The fraction of sp³-hybridized carbons (Fsp3) is 0.0698. The normalized spacial score (nSPS) is 18.0. The number of thioether (sulfide) groups is 1. The molecule has 4 heterocycles. The molecule has 6 aromatic rings. The zero-order valence-electron chi connectivity index (χ0n) is 26.7. The van der Waals surface area contributed by atoms with Crippen LogP contribution in [0.1, 0.15) is 17.3 Å². The number of benzene rings is 5. The van der Waals surface area contributed by atoms with E-state index in [2.05, 4.69) is 150 Å². The molecule has 49 heavy (non-hydrogen) atoms. The van der Waals surface area contributed by atoms with Crippen LogP contribution in [0.4, 0.5) is 0 Å². The van der Waals surface area contributed by atoms with Crippen molar-refractivity contribution in [1.29, 1.82) is 0 Å². The van der Waals surface area contributed by atoms with Gasteiger partial charge in [0.15, 0.2) is 5.82 Å². The predicted molar refractivity (Wildman–Crippen MR) is 202 cm³/mol. The average Bonchev–Trinajstić information content (AvgIpc) is 3.56. The van der Waals surface area contributed by atoms with Crippen molar-refractivity contribution in [1.82, 2.24) is 25.9 Å². The third kappa shape index (κ3) is 5.86. The minimum Gasteiger partial charge on any atom is -0.375 e. The van der Waals surface area contributed by atoms with Crippen molar-refractivity contribution >= 4 is 17.3 Å². The largest absolute Gasteiger partial charge is 0.375 e. The smallest absolute Gasteiger partial charge is 0.160 e. The highest BCUT2D eigenvalue weighted by atomic mass is 32.2. The maximum atomic E-state index is 5.06. The van der Waals surface area contributed by atoms with E-state index in [-0.39, 0.29) is 11.5 Å². The molecule has 5 nitrogen and oxygen atoms in total. The summed E-state index contributed by atoms with van der Waals surface area (Å²) in [6.07, 6.45) is 4.47. The number of dihydropyridines is 1. The molecular formula is C43H33N5S. The van der Waals surface area contributed by atoms with E-state index in [1.165, 1.54) is 44.0 Å². The summed E-state index contributed by atoms with van der Waals surface area (Å²) in [5.74, 6) is 0.714. The first kappa shape index (κ1) is 29.4. The van der Waals surface area contributed by atoms with Crippen LogP contribution >= 0.6 is 11.8 Å². The van der Waals surface area contributed by atoms with Crippen molar-refractivity contribution in [2.24, 2.45) is 0 Å². The number of allylic oxidation sites excluding steroid dienone is 2. The molecule has 0 fully saturated rings. The zero-order chi connectivity index (χ0) is 32.6. The number of rotatable bonds is 6. The third-order valence-electron chi connectivity index (χ3n) is 9.26. The van der Waals surface area contributed by atoms with Gasteiger partial charge in [-0.1, -0.05) is 151 Å². The second-order valence-corrected chi connectivity index (χ2v) is 13.6. The molecule has 0 spiro atoms. The van der Waals surface area contributed by atoms with Crippen LogP contribution in [0.25, 0.3) is 50.6 Å². The van der Waals surface area contributed by atoms with Crippen LogP contribution in [0.5, 0.6) is 0 Å². The first-order valence-corrected chi connectivity index (χ1v) is 17.5. The van der Waals surface area contributed by atoms with Gasteiger partial charge in [0.1, 0.15) is 11.5 Å². The molecule has 0 saturated carbocycles. The highest BCUT2D eigenvalue weighted by molar-refractivity contribution is 8.04. The summed E-state index contributed by atoms with van der Waals surface area (Å²) < 4.78 is 0. The van der Waals surface area contributed by atoms with Gasteiger partial charge in [-0.25, -0.2) is 9.97 Å². The Morgan fingerprint density at radius 2 is 1.12 bits per heavy atom. The Hall–Kier alpha value is -5.69. The molecule has 3 aliphatic rings. The Labute approximate surface area is 290 Å². The van der Waals surface area contributed by atoms with Gasteiger partial charge in [0, 0.05) is 39.9 Å². The van der Waals surface area contributed by atoms with E-state index in [1.54, 1.807) is 0 Å². The van der Waals surface area contributed by atoms with E-state index in [0.717, 1.165) is 34.6 Å². The monoisotopic (exact) mass is 651 g/mol. The van der Waals surface area contributed by atoms with Crippen LogP contribution in [0.2, 0.25) is 0 Å². The lowest BCUT2D eigenvalue weighted by Crippen LogP contribution is -2.39. The Kier molecular flexibility index (Phi) is 7.65. The van der Waals surface area contributed by atoms with Gasteiger partial charge in [0.25, 0.3) is 0 Å². The minimum absolute atomic E-state index is 0.00287. The van der Waals surface area contributed by atoms with E-state index in [4.69, 9.17) is 9.97 Å². The molecule has 1 aromatic heterocycles. The second-order valence-electron chi connectivity index (χ2n) is 12.4. The molecule has 9 rings (SSSR count). The molecule has 0 bridgehead atoms. The molecule has 3 aliphatic heterocycles. The minimum atomic E-state index is 0.00287. The van der Waals surface area contributed by atoms with Crippen LogP contribution in [0, 0.1) is 0 Å². The van der Waals surface area contributed by atoms with Gasteiger partial charge in [0.2, 0.25) is 0 Å². The van der Waals surface area contributed by atoms with Crippen molar-refractivity contribution in [2.75, 3.05) is 6.54 Å². The van der Waals surface area contributed by atoms with Crippen molar-refractivity contribution in [3.05, 3.63) is 185 Å². The predicted octanol–water partition coefficient (Wildman–Crippen LogP) is 9.19. The van der Waals surface area contributed by atoms with E-state index in [0.29, 0.717) is 5.82 Å². The lowest BCUT2D eigenvalue weighted by Gasteiger charge is -2.29. The number of nitrogens with zero attached hydrogens (tertiary/aromatic N) is 2. The van der Waals surface area contributed by atoms with Gasteiger partial charge in [-0.05, 0) is 40.0 Å². The quantitative estimate of drug-likeness (QED) is 0.167. The molecule has 236 valence electrons. The molecule has 0 aliphatic carbocycles. The molecule has 5 aromatic carbocycles. The number of aromatic nitrogens is 2. The van der Waals surface area contributed by atoms with Crippen LogP contribution in [-0.2, 0) is 0 Å². The lowest BCUT2D eigenvalue weighted by atomic mass is 9.98. The Balaban J connectivity index is 0.998. The highest BCUT2D eigenvalue weighted by Crippen LogP contribution is 2.44. The van der Waals surface area contributed by atoms with E-state index in [1.807, 2.05) is 36.0 Å². The molecule has 0 radical (unpaired) electrons. The van der Waals surface area contributed by atoms with Gasteiger partial charge in [-0.15, -0.1) is 0 Å². The van der Waals surface area contributed by atoms with E-state index < -0.39 is 0 Å². The first-order valence-electron chi connectivity index (χ1n) is 16.6. The Bertz CT molecular complexity index is 2230. The summed E-state index contributed by atoms with van der Waals surface area (Å²) >= 11 is 1.89. The third-order valence-corrected chi connectivity index (χ3v) is 10.5. The van der Waals surface area contributed by atoms with Crippen molar-refractivity contribution < 1.29 is 0 Å². The summed E-state index contributed by atoms with van der Waals surface area (Å²) in [6.45, 7) is 0.828. The maximum Gasteiger partial charge on any atom is 0.160 e. The Morgan fingerprint density at radius 1 is 0.571 bits per heavy atom. The Morgan fingerprint density at radius 3 is 1.78 bits per heavy atom. The first-order chi connectivity index (χ1) is 24.2. The topological polar surface area (TPSA) is 61.9 Å².